The van der Waals surface area contributed by atoms with Crippen molar-refractivity contribution >= 4 is 5.82 Å². The second-order valence-corrected chi connectivity index (χ2v) is 7.64. The van der Waals surface area contributed by atoms with Crippen LogP contribution in [-0.4, -0.2) is 89.4 Å². The molecule has 2 aliphatic rings. The summed E-state index contributed by atoms with van der Waals surface area (Å²) in [6, 6.07) is 2.39. The maximum atomic E-state index is 12.1. The lowest BCUT2D eigenvalue weighted by Crippen LogP contribution is -2.41. The molecule has 2 aromatic heterocycles. The molecule has 0 unspecified atom stereocenters. The van der Waals surface area contributed by atoms with Gasteiger partial charge in [0.25, 0.3) is 5.56 Å². The van der Waals surface area contributed by atoms with Gasteiger partial charge < -0.3 is 40.4 Å². The Balaban J connectivity index is 1.47. The molecule has 0 bridgehead atoms. The molecule has 8 atom stereocenters. The summed E-state index contributed by atoms with van der Waals surface area (Å²) in [5.41, 5.74) is 3.21. The molecule has 0 saturated carbocycles. The van der Waals surface area contributed by atoms with Gasteiger partial charge in [-0.15, -0.1) is 0 Å². The molecule has 15 nitrogen and oxygen atoms in total. The van der Waals surface area contributed by atoms with E-state index in [1.807, 2.05) is 4.98 Å². The van der Waals surface area contributed by atoms with Crippen molar-refractivity contribution in [1.29, 1.82) is 0 Å². The van der Waals surface area contributed by atoms with Crippen LogP contribution in [0, 0.1) is 0 Å². The van der Waals surface area contributed by atoms with Crippen LogP contribution in [0.1, 0.15) is 12.5 Å². The highest BCUT2D eigenvalue weighted by atomic mass is 16.6. The molecule has 0 aliphatic carbocycles. The number of hydrogen-bond acceptors (Lipinski definition) is 12. The first-order chi connectivity index (χ1) is 15.7. The Bertz CT molecular complexity index is 1160. The first-order valence-corrected chi connectivity index (χ1v) is 9.95. The second-order valence-electron chi connectivity index (χ2n) is 7.64. The molecule has 0 amide bonds. The number of aromatic amines is 1. The van der Waals surface area contributed by atoms with Crippen LogP contribution in [0.15, 0.2) is 38.9 Å². The number of nitrogens with one attached hydrogen (secondary N) is 1. The largest absolute Gasteiger partial charge is 0.394 e. The fourth-order valence-electron chi connectivity index (χ4n) is 3.85. The van der Waals surface area contributed by atoms with E-state index in [-0.39, 0.29) is 12.4 Å². The Morgan fingerprint density at radius 1 is 1.00 bits per heavy atom. The molecule has 4 rings (SSSR count). The highest BCUT2D eigenvalue weighted by Gasteiger charge is 2.48. The van der Waals surface area contributed by atoms with E-state index in [0.29, 0.717) is 0 Å². The van der Waals surface area contributed by atoms with Crippen LogP contribution in [-0.2, 0) is 14.2 Å². The smallest absolute Gasteiger partial charge is 0.351 e. The summed E-state index contributed by atoms with van der Waals surface area (Å²) in [6.45, 7) is -0.919. The normalized spacial score (nSPS) is 34.1. The molecule has 7 N–H and O–H groups in total. The lowest BCUT2D eigenvalue weighted by Gasteiger charge is -2.23. The summed E-state index contributed by atoms with van der Waals surface area (Å²) in [4.78, 5) is 40.9. The van der Waals surface area contributed by atoms with Gasteiger partial charge in [0.2, 0.25) is 0 Å². The average molecular weight is 469 g/mol. The van der Waals surface area contributed by atoms with E-state index in [2.05, 4.69) is 4.98 Å². The lowest BCUT2D eigenvalue weighted by molar-refractivity contribution is -0.111. The third kappa shape index (κ3) is 4.34. The number of rotatable bonds is 6. The summed E-state index contributed by atoms with van der Waals surface area (Å²) in [5, 5.41) is 41.0. The van der Waals surface area contributed by atoms with Crippen LogP contribution in [0.4, 0.5) is 5.82 Å². The second kappa shape index (κ2) is 9.14. The first kappa shape index (κ1) is 23.2. The molecular formula is C18H23N5O10. The maximum absolute atomic E-state index is 12.1. The van der Waals surface area contributed by atoms with Crippen molar-refractivity contribution in [1.82, 2.24) is 19.1 Å². The van der Waals surface area contributed by atoms with Gasteiger partial charge in [-0.1, -0.05) is 0 Å². The fourth-order valence-corrected chi connectivity index (χ4v) is 3.85. The Morgan fingerprint density at radius 2 is 1.67 bits per heavy atom. The third-order valence-corrected chi connectivity index (χ3v) is 5.53. The summed E-state index contributed by atoms with van der Waals surface area (Å²) < 4.78 is 18.6. The molecule has 0 radical (unpaired) electrons. The summed E-state index contributed by atoms with van der Waals surface area (Å²) >= 11 is 0. The van der Waals surface area contributed by atoms with Crippen LogP contribution >= 0.6 is 0 Å². The number of nitrogens with zero attached hydrogens (tertiary/aromatic N) is 3. The van der Waals surface area contributed by atoms with Crippen molar-refractivity contribution in [2.75, 3.05) is 18.9 Å². The standard InChI is InChI=1S/C18H23N5O10/c19-9-1-3-22(17(29)20-9)16-13(28)14(7(5-24)32-16)31-6-8-11(26)12(27)15(33-8)23-4-2-10(25)21-18(23)30/h1-4,7-8,11-16,24,26-28H,5-6H2,(H2,19,20,29)(H,21,25,30)/t7-,8-,11-,12-,13-,14-,15-,16-/m1/s1. The van der Waals surface area contributed by atoms with E-state index in [1.54, 1.807) is 0 Å². The molecule has 2 saturated heterocycles. The van der Waals surface area contributed by atoms with E-state index < -0.39 is 72.6 Å². The number of nitrogen functional groups attached to an aromatic ring is 1. The minimum absolute atomic E-state index is 0.0164. The van der Waals surface area contributed by atoms with E-state index in [0.717, 1.165) is 21.4 Å². The van der Waals surface area contributed by atoms with E-state index >= 15 is 0 Å². The van der Waals surface area contributed by atoms with E-state index in [9.17, 15) is 34.8 Å². The minimum atomic E-state index is -1.52. The van der Waals surface area contributed by atoms with Gasteiger partial charge in [0, 0.05) is 18.5 Å². The average Bonchev–Trinajstić information content (AvgIpc) is 3.23. The number of hydrogen-bond donors (Lipinski definition) is 6. The molecule has 33 heavy (non-hydrogen) atoms. The Kier molecular flexibility index (Phi) is 6.44. The summed E-state index contributed by atoms with van der Waals surface area (Å²) in [5.74, 6) is -0.0164. The molecule has 15 heteroatoms. The van der Waals surface area contributed by atoms with E-state index in [1.165, 1.54) is 12.3 Å². The molecule has 4 heterocycles. The zero-order chi connectivity index (χ0) is 23.9. The van der Waals surface area contributed by atoms with Crippen LogP contribution < -0.4 is 22.7 Å². The van der Waals surface area contributed by atoms with Crippen LogP contribution in [0.3, 0.4) is 0 Å². The topological polar surface area (TPSA) is 224 Å². The number of ether oxygens (including phenoxy) is 3. The Labute approximate surface area is 184 Å². The van der Waals surface area contributed by atoms with Gasteiger partial charge >= 0.3 is 11.4 Å². The summed E-state index contributed by atoms with van der Waals surface area (Å²) in [7, 11) is 0. The Morgan fingerprint density at radius 3 is 2.33 bits per heavy atom. The van der Waals surface area contributed by atoms with Gasteiger partial charge in [-0.3, -0.25) is 18.9 Å². The van der Waals surface area contributed by atoms with Gasteiger partial charge in [0.1, 0.15) is 42.4 Å². The molecule has 2 aromatic rings. The quantitative estimate of drug-likeness (QED) is 0.236. The van der Waals surface area contributed by atoms with Crippen molar-refractivity contribution in [3.8, 4) is 0 Å². The molecular weight excluding hydrogens is 446 g/mol. The Hall–Kier alpha value is -2.92. The van der Waals surface area contributed by atoms with Crippen LogP contribution in [0.25, 0.3) is 0 Å². The van der Waals surface area contributed by atoms with Gasteiger partial charge in [0.05, 0.1) is 13.2 Å². The van der Waals surface area contributed by atoms with Crippen molar-refractivity contribution < 1.29 is 34.6 Å². The predicted molar refractivity (Wildman–Crippen MR) is 107 cm³/mol. The third-order valence-electron chi connectivity index (χ3n) is 5.53. The zero-order valence-corrected chi connectivity index (χ0v) is 17.0. The number of H-pyrrole nitrogens is 1. The monoisotopic (exact) mass is 469 g/mol. The zero-order valence-electron chi connectivity index (χ0n) is 17.0. The number of aromatic nitrogens is 4. The van der Waals surface area contributed by atoms with Crippen molar-refractivity contribution in [2.45, 2.75) is 49.1 Å². The maximum Gasteiger partial charge on any atom is 0.351 e. The number of nitrogens with two attached hydrogens (primary N) is 1. The molecule has 2 aliphatic heterocycles. The number of anilines is 1. The molecule has 0 spiro atoms. The summed E-state index contributed by atoms with van der Waals surface area (Å²) in [6.07, 6.45) is -7.83. The minimum Gasteiger partial charge on any atom is -0.394 e. The van der Waals surface area contributed by atoms with Gasteiger partial charge in [-0.05, 0) is 6.07 Å². The van der Waals surface area contributed by atoms with E-state index in [4.69, 9.17) is 19.9 Å². The highest BCUT2D eigenvalue weighted by Crippen LogP contribution is 2.33. The fraction of sp³-hybridized carbons (Fsp3) is 0.556. The highest BCUT2D eigenvalue weighted by molar-refractivity contribution is 5.23. The molecule has 2 fully saturated rings. The van der Waals surface area contributed by atoms with Crippen LogP contribution in [0.5, 0.6) is 0 Å². The van der Waals surface area contributed by atoms with Crippen molar-refractivity contribution in [3.05, 3.63) is 55.8 Å². The first-order valence-electron chi connectivity index (χ1n) is 9.95. The number of aliphatic hydroxyl groups is 4. The van der Waals surface area contributed by atoms with Gasteiger partial charge in [0.15, 0.2) is 12.5 Å². The van der Waals surface area contributed by atoms with Crippen LogP contribution in [0.2, 0.25) is 0 Å². The van der Waals surface area contributed by atoms with Gasteiger partial charge in [-0.2, -0.15) is 4.98 Å². The van der Waals surface area contributed by atoms with Crippen molar-refractivity contribution in [2.24, 2.45) is 0 Å². The van der Waals surface area contributed by atoms with Gasteiger partial charge in [-0.25, -0.2) is 9.59 Å². The number of aliphatic hydroxyl groups excluding tert-OH is 4. The predicted octanol–water partition coefficient (Wildman–Crippen LogP) is -4.37. The molecule has 0 aromatic carbocycles. The van der Waals surface area contributed by atoms with Crippen molar-refractivity contribution in [3.63, 3.8) is 0 Å². The SMILES string of the molecule is Nc1ccn([C@@H]2O[C@H](CO)[C@@H](OC[C@H]3O[C@@H](n4ccc(=O)[nH]c4=O)[C@H](O)[C@@H]3O)[C@H]2O)c(=O)n1. The molecule has 180 valence electrons. The lowest BCUT2D eigenvalue weighted by atomic mass is 10.1.